The van der Waals surface area contributed by atoms with Crippen LogP contribution < -0.4 is 10.6 Å². The fourth-order valence-corrected chi connectivity index (χ4v) is 1.72. The second-order valence-electron chi connectivity index (χ2n) is 5.58. The van der Waals surface area contributed by atoms with E-state index < -0.39 is 0 Å². The molecule has 1 amide bonds. The van der Waals surface area contributed by atoms with Gasteiger partial charge in [0.05, 0.1) is 0 Å². The van der Waals surface area contributed by atoms with Crippen LogP contribution in [-0.2, 0) is 0 Å². The summed E-state index contributed by atoms with van der Waals surface area (Å²) in [6.07, 6.45) is 3.30. The van der Waals surface area contributed by atoms with Crippen LogP contribution in [0.5, 0.6) is 0 Å². The van der Waals surface area contributed by atoms with Crippen LogP contribution in [0.1, 0.15) is 49.3 Å². The Labute approximate surface area is 114 Å². The molecule has 0 unspecified atom stereocenters. The lowest BCUT2D eigenvalue weighted by molar-refractivity contribution is 0.0947. The highest BCUT2D eigenvalue weighted by Gasteiger charge is 2.22. The number of aromatic nitrogens is 2. The van der Waals surface area contributed by atoms with Crippen LogP contribution in [0.25, 0.3) is 0 Å². The third-order valence-electron chi connectivity index (χ3n) is 3.00. The standard InChI is InChI=1S/C14H22N4O/c1-9(2)6-7-15-13(19)12-8-10(3)16-14(18-12)17-11-4-5-11/h8-9,11H,4-7H2,1-3H3,(H,15,19)(H,16,17,18). The highest BCUT2D eigenvalue weighted by atomic mass is 16.1. The van der Waals surface area contributed by atoms with E-state index in [4.69, 9.17) is 0 Å². The third-order valence-corrected chi connectivity index (χ3v) is 3.00. The Bertz CT molecular complexity index is 455. The van der Waals surface area contributed by atoms with Gasteiger partial charge in [0.2, 0.25) is 5.95 Å². The van der Waals surface area contributed by atoms with Crippen LogP contribution in [0.2, 0.25) is 0 Å². The predicted molar refractivity (Wildman–Crippen MR) is 75.2 cm³/mol. The van der Waals surface area contributed by atoms with Crippen LogP contribution in [0.4, 0.5) is 5.95 Å². The van der Waals surface area contributed by atoms with Crippen molar-refractivity contribution in [3.63, 3.8) is 0 Å². The average molecular weight is 262 g/mol. The fraction of sp³-hybridized carbons (Fsp3) is 0.643. The van der Waals surface area contributed by atoms with Crippen molar-refractivity contribution in [1.82, 2.24) is 15.3 Å². The van der Waals surface area contributed by atoms with Crippen molar-refractivity contribution >= 4 is 11.9 Å². The maximum atomic E-state index is 12.0. The van der Waals surface area contributed by atoms with Crippen molar-refractivity contribution in [3.05, 3.63) is 17.5 Å². The average Bonchev–Trinajstić information content (AvgIpc) is 3.11. The SMILES string of the molecule is Cc1cc(C(=O)NCCC(C)C)nc(NC2CC2)n1. The van der Waals surface area contributed by atoms with Crippen molar-refractivity contribution in [2.24, 2.45) is 5.92 Å². The minimum absolute atomic E-state index is 0.120. The molecule has 104 valence electrons. The first-order valence-electron chi connectivity index (χ1n) is 6.95. The summed E-state index contributed by atoms with van der Waals surface area (Å²) in [5.74, 6) is 1.03. The zero-order valence-electron chi connectivity index (χ0n) is 11.9. The number of rotatable bonds is 6. The largest absolute Gasteiger partial charge is 0.351 e. The Balaban J connectivity index is 1.97. The van der Waals surface area contributed by atoms with Gasteiger partial charge in [-0.05, 0) is 38.2 Å². The maximum Gasteiger partial charge on any atom is 0.270 e. The van der Waals surface area contributed by atoms with Crippen molar-refractivity contribution in [2.75, 3.05) is 11.9 Å². The van der Waals surface area contributed by atoms with Gasteiger partial charge in [-0.15, -0.1) is 0 Å². The molecule has 0 spiro atoms. The molecule has 0 aromatic carbocycles. The molecule has 0 radical (unpaired) electrons. The number of aryl methyl sites for hydroxylation is 1. The van der Waals surface area contributed by atoms with Gasteiger partial charge in [0.25, 0.3) is 5.91 Å². The Morgan fingerprint density at radius 2 is 2.16 bits per heavy atom. The van der Waals surface area contributed by atoms with Gasteiger partial charge in [-0.3, -0.25) is 4.79 Å². The van der Waals surface area contributed by atoms with Gasteiger partial charge in [-0.1, -0.05) is 13.8 Å². The number of carbonyl (C=O) groups is 1. The number of amides is 1. The van der Waals surface area contributed by atoms with E-state index >= 15 is 0 Å². The first-order valence-corrected chi connectivity index (χ1v) is 6.95. The molecule has 0 aliphatic heterocycles. The topological polar surface area (TPSA) is 66.9 Å². The quantitative estimate of drug-likeness (QED) is 0.824. The summed E-state index contributed by atoms with van der Waals surface area (Å²) in [5.41, 5.74) is 1.26. The summed E-state index contributed by atoms with van der Waals surface area (Å²) >= 11 is 0. The lowest BCUT2D eigenvalue weighted by Gasteiger charge is -2.09. The summed E-state index contributed by atoms with van der Waals surface area (Å²) in [7, 11) is 0. The van der Waals surface area contributed by atoms with Crippen LogP contribution in [0.15, 0.2) is 6.07 Å². The van der Waals surface area contributed by atoms with Gasteiger partial charge in [-0.2, -0.15) is 0 Å². The lowest BCUT2D eigenvalue weighted by atomic mass is 10.1. The third kappa shape index (κ3) is 4.50. The van der Waals surface area contributed by atoms with E-state index in [0.717, 1.165) is 25.0 Å². The van der Waals surface area contributed by atoms with E-state index in [1.54, 1.807) is 6.07 Å². The van der Waals surface area contributed by atoms with Crippen molar-refractivity contribution < 1.29 is 4.79 Å². The number of carbonyl (C=O) groups excluding carboxylic acids is 1. The summed E-state index contributed by atoms with van der Waals surface area (Å²) in [6, 6.07) is 2.21. The van der Waals surface area contributed by atoms with Crippen molar-refractivity contribution in [3.8, 4) is 0 Å². The fourth-order valence-electron chi connectivity index (χ4n) is 1.72. The van der Waals surface area contributed by atoms with E-state index in [2.05, 4.69) is 34.4 Å². The number of nitrogens with zero attached hydrogens (tertiary/aromatic N) is 2. The van der Waals surface area contributed by atoms with Crippen LogP contribution >= 0.6 is 0 Å². The molecule has 1 aromatic heterocycles. The zero-order chi connectivity index (χ0) is 13.8. The van der Waals surface area contributed by atoms with E-state index in [1.807, 2.05) is 6.92 Å². The molecule has 1 aliphatic carbocycles. The maximum absolute atomic E-state index is 12.0. The van der Waals surface area contributed by atoms with Gasteiger partial charge in [0.15, 0.2) is 0 Å². The van der Waals surface area contributed by atoms with Gasteiger partial charge < -0.3 is 10.6 Å². The zero-order valence-corrected chi connectivity index (χ0v) is 11.9. The number of hydrogen-bond donors (Lipinski definition) is 2. The molecule has 5 nitrogen and oxygen atoms in total. The molecule has 1 heterocycles. The highest BCUT2D eigenvalue weighted by Crippen LogP contribution is 2.23. The molecule has 2 N–H and O–H groups in total. The van der Waals surface area contributed by atoms with Crippen molar-refractivity contribution in [2.45, 2.75) is 46.1 Å². The summed E-state index contributed by atoms with van der Waals surface area (Å²) < 4.78 is 0. The molecule has 19 heavy (non-hydrogen) atoms. The first kappa shape index (κ1) is 13.8. The second-order valence-corrected chi connectivity index (χ2v) is 5.58. The van der Waals surface area contributed by atoms with Gasteiger partial charge >= 0.3 is 0 Å². The minimum atomic E-state index is -0.120. The van der Waals surface area contributed by atoms with E-state index in [1.165, 1.54) is 0 Å². The number of anilines is 1. The summed E-state index contributed by atoms with van der Waals surface area (Å²) in [6.45, 7) is 6.84. The molecule has 2 rings (SSSR count). The molecule has 1 aliphatic rings. The van der Waals surface area contributed by atoms with Crippen molar-refractivity contribution in [1.29, 1.82) is 0 Å². The Morgan fingerprint density at radius 1 is 1.42 bits per heavy atom. The molecule has 5 heteroatoms. The molecule has 0 bridgehead atoms. The Morgan fingerprint density at radius 3 is 2.79 bits per heavy atom. The van der Waals surface area contributed by atoms with E-state index in [-0.39, 0.29) is 5.91 Å². The molecular formula is C14H22N4O. The molecule has 0 saturated heterocycles. The van der Waals surface area contributed by atoms with Crippen LogP contribution in [0.3, 0.4) is 0 Å². The lowest BCUT2D eigenvalue weighted by Crippen LogP contribution is -2.26. The van der Waals surface area contributed by atoms with Crippen LogP contribution in [-0.4, -0.2) is 28.5 Å². The summed E-state index contributed by atoms with van der Waals surface area (Å²) in [5, 5.41) is 6.12. The van der Waals surface area contributed by atoms with E-state index in [9.17, 15) is 4.79 Å². The first-order chi connectivity index (χ1) is 9.04. The summed E-state index contributed by atoms with van der Waals surface area (Å²) in [4.78, 5) is 20.6. The second kappa shape index (κ2) is 5.99. The number of hydrogen-bond acceptors (Lipinski definition) is 4. The van der Waals surface area contributed by atoms with Gasteiger partial charge in [0, 0.05) is 18.3 Å². The molecule has 0 atom stereocenters. The molecule has 1 fully saturated rings. The Kier molecular flexibility index (Phi) is 4.35. The highest BCUT2D eigenvalue weighted by molar-refractivity contribution is 5.92. The monoisotopic (exact) mass is 262 g/mol. The molecule has 1 aromatic rings. The number of nitrogens with one attached hydrogen (secondary N) is 2. The molecule has 1 saturated carbocycles. The predicted octanol–water partition coefficient (Wildman–Crippen LogP) is 2.14. The van der Waals surface area contributed by atoms with Gasteiger partial charge in [0.1, 0.15) is 5.69 Å². The smallest absolute Gasteiger partial charge is 0.270 e. The van der Waals surface area contributed by atoms with Gasteiger partial charge in [-0.25, -0.2) is 9.97 Å². The normalized spacial score (nSPS) is 14.5. The Hall–Kier alpha value is -1.65. The molecular weight excluding hydrogens is 240 g/mol. The van der Waals surface area contributed by atoms with E-state index in [0.29, 0.717) is 30.1 Å². The van der Waals surface area contributed by atoms with Crippen LogP contribution in [0, 0.1) is 12.8 Å². The minimum Gasteiger partial charge on any atom is -0.351 e.